The quantitative estimate of drug-likeness (QED) is 0.426. The second-order valence-electron chi connectivity index (χ2n) is 10.2. The van der Waals surface area contributed by atoms with Gasteiger partial charge in [0, 0.05) is 29.3 Å². The maximum Gasteiger partial charge on any atom is 0.150 e. The van der Waals surface area contributed by atoms with E-state index in [1.165, 1.54) is 12.5 Å². The third kappa shape index (κ3) is 5.00. The highest BCUT2D eigenvalue weighted by Gasteiger charge is 2.31. The lowest BCUT2D eigenvalue weighted by Gasteiger charge is -2.31. The molecule has 0 radical (unpaired) electrons. The number of hydrogen-bond donors (Lipinski definition) is 2. The van der Waals surface area contributed by atoms with E-state index in [9.17, 15) is 15.5 Å². The molecule has 2 heterocycles. The number of benzene rings is 3. The Bertz CT molecular complexity index is 1370. The Labute approximate surface area is 218 Å². The van der Waals surface area contributed by atoms with Crippen LogP contribution in [-0.2, 0) is 0 Å². The lowest BCUT2D eigenvalue weighted by atomic mass is 9.84. The molecule has 0 aliphatic carbocycles. The summed E-state index contributed by atoms with van der Waals surface area (Å²) in [5.74, 6) is 2.39. The largest absolute Gasteiger partial charge is 0.508 e. The van der Waals surface area contributed by atoms with E-state index in [0.717, 1.165) is 47.0 Å². The lowest BCUT2D eigenvalue weighted by molar-refractivity contribution is 0.169. The molecule has 1 saturated heterocycles. The molecule has 0 saturated carbocycles. The normalized spacial score (nSPS) is 20.2. The molecule has 0 spiro atoms. The monoisotopic (exact) mass is 496 g/mol. The van der Waals surface area contributed by atoms with E-state index < -0.39 is 6.10 Å². The van der Waals surface area contributed by atoms with E-state index in [1.807, 2.05) is 31.2 Å². The molecule has 2 aliphatic rings. The Balaban J connectivity index is 1.46. The van der Waals surface area contributed by atoms with Crippen molar-refractivity contribution in [3.63, 3.8) is 0 Å². The summed E-state index contributed by atoms with van der Waals surface area (Å²) in [4.78, 5) is 2.48. The van der Waals surface area contributed by atoms with Crippen LogP contribution in [0.1, 0.15) is 55.5 Å². The van der Waals surface area contributed by atoms with Crippen LogP contribution in [0.3, 0.4) is 0 Å². The average Bonchev–Trinajstić information content (AvgIpc) is 3.34. The van der Waals surface area contributed by atoms with Crippen molar-refractivity contribution in [1.82, 2.24) is 4.90 Å². The van der Waals surface area contributed by atoms with Crippen LogP contribution in [0, 0.1) is 17.2 Å². The second-order valence-corrected chi connectivity index (χ2v) is 10.2. The summed E-state index contributed by atoms with van der Waals surface area (Å²) in [5, 5.41) is 30.2. The molecule has 6 heteroatoms. The number of phenolic OH excluding ortho intramolecular Hbond substituents is 2. The highest BCUT2D eigenvalue weighted by Crippen LogP contribution is 2.48. The fourth-order valence-corrected chi connectivity index (χ4v) is 5.30. The Morgan fingerprint density at radius 1 is 1.05 bits per heavy atom. The Morgan fingerprint density at radius 3 is 2.43 bits per heavy atom. The average molecular weight is 497 g/mol. The summed E-state index contributed by atoms with van der Waals surface area (Å²) < 4.78 is 12.6. The summed E-state index contributed by atoms with van der Waals surface area (Å²) in [5.41, 5.74) is 4.34. The number of nitrogens with zero attached hydrogens (tertiary/aromatic N) is 2. The van der Waals surface area contributed by atoms with Crippen molar-refractivity contribution in [1.29, 1.82) is 5.26 Å². The van der Waals surface area contributed by atoms with Crippen LogP contribution < -0.4 is 9.47 Å². The van der Waals surface area contributed by atoms with Crippen molar-refractivity contribution in [2.75, 3.05) is 19.7 Å². The predicted molar refractivity (Wildman–Crippen MR) is 144 cm³/mol. The van der Waals surface area contributed by atoms with Gasteiger partial charge >= 0.3 is 0 Å². The van der Waals surface area contributed by atoms with E-state index in [0.29, 0.717) is 29.5 Å². The number of hydrogen-bond acceptors (Lipinski definition) is 6. The van der Waals surface area contributed by atoms with Crippen LogP contribution in [0.4, 0.5) is 0 Å². The Hall–Kier alpha value is -3.95. The van der Waals surface area contributed by atoms with Gasteiger partial charge in [-0.3, -0.25) is 4.90 Å². The van der Waals surface area contributed by atoms with Gasteiger partial charge in [-0.05, 0) is 92.4 Å². The first-order chi connectivity index (χ1) is 17.8. The zero-order valence-corrected chi connectivity index (χ0v) is 21.4. The Kier molecular flexibility index (Phi) is 6.82. The van der Waals surface area contributed by atoms with Crippen LogP contribution >= 0.6 is 0 Å². The molecule has 0 aromatic heterocycles. The zero-order valence-electron chi connectivity index (χ0n) is 21.4. The lowest BCUT2D eigenvalue weighted by Crippen LogP contribution is -2.35. The molecule has 0 amide bonds. The number of ether oxygens (including phenoxy) is 2. The van der Waals surface area contributed by atoms with E-state index in [-0.39, 0.29) is 11.5 Å². The van der Waals surface area contributed by atoms with Gasteiger partial charge in [0.2, 0.25) is 0 Å². The van der Waals surface area contributed by atoms with E-state index >= 15 is 0 Å². The maximum absolute atomic E-state index is 10.2. The zero-order chi connectivity index (χ0) is 26.1. The van der Waals surface area contributed by atoms with Crippen molar-refractivity contribution in [2.45, 2.75) is 39.3 Å². The molecule has 190 valence electrons. The third-order valence-corrected chi connectivity index (χ3v) is 7.44. The SMILES string of the molecule is CC1=C(c2cc(O)ccc2C#N)C(c2ccc(OC[C@H](C)N3CC[C@@H](C)C3)cc2)Oc2ccc(O)cc21. The smallest absolute Gasteiger partial charge is 0.150 e. The molecular weight excluding hydrogens is 464 g/mol. The molecular formula is C31H32N2O4. The van der Waals surface area contributed by atoms with Crippen LogP contribution in [0.2, 0.25) is 0 Å². The van der Waals surface area contributed by atoms with Gasteiger partial charge in [-0.1, -0.05) is 19.1 Å². The van der Waals surface area contributed by atoms with Gasteiger partial charge in [0.25, 0.3) is 0 Å². The molecule has 3 atom stereocenters. The number of fused-ring (bicyclic) bond motifs is 1. The molecule has 0 bridgehead atoms. The van der Waals surface area contributed by atoms with Crippen molar-refractivity contribution >= 4 is 11.1 Å². The minimum Gasteiger partial charge on any atom is -0.508 e. The number of nitriles is 1. The van der Waals surface area contributed by atoms with Crippen LogP contribution in [0.25, 0.3) is 11.1 Å². The fraction of sp³-hybridized carbons (Fsp3) is 0.323. The summed E-state index contributed by atoms with van der Waals surface area (Å²) in [6, 6.07) is 20.2. The summed E-state index contributed by atoms with van der Waals surface area (Å²) in [6.45, 7) is 9.32. The summed E-state index contributed by atoms with van der Waals surface area (Å²) >= 11 is 0. The van der Waals surface area contributed by atoms with Gasteiger partial charge in [0.05, 0.1) is 11.6 Å². The highest BCUT2D eigenvalue weighted by atomic mass is 16.5. The standard InChI is InChI=1S/C31H32N2O4/c1-19-12-13-33(17-19)20(2)18-36-26-9-5-22(6-10-26)31-30(28-15-24(34)7-4-23(28)16-32)21(3)27-14-25(35)8-11-29(27)37-31/h4-11,14-15,19-20,31,34-35H,12-13,17-18H2,1-3H3/t19-,20+,31?/m1/s1. The highest BCUT2D eigenvalue weighted by molar-refractivity contribution is 5.97. The molecule has 3 aromatic rings. The van der Waals surface area contributed by atoms with Gasteiger partial charge in [0.15, 0.2) is 0 Å². The molecule has 1 unspecified atom stereocenters. The van der Waals surface area contributed by atoms with Crippen molar-refractivity contribution in [3.05, 3.63) is 82.9 Å². The van der Waals surface area contributed by atoms with Gasteiger partial charge in [-0.2, -0.15) is 5.26 Å². The van der Waals surface area contributed by atoms with Gasteiger partial charge in [-0.15, -0.1) is 0 Å². The first-order valence-corrected chi connectivity index (χ1v) is 12.7. The van der Waals surface area contributed by atoms with Gasteiger partial charge < -0.3 is 19.7 Å². The van der Waals surface area contributed by atoms with E-state index in [1.54, 1.807) is 30.3 Å². The van der Waals surface area contributed by atoms with Crippen molar-refractivity contribution < 1.29 is 19.7 Å². The molecule has 2 N–H and O–H groups in total. The van der Waals surface area contributed by atoms with Gasteiger partial charge in [-0.25, -0.2) is 0 Å². The third-order valence-electron chi connectivity index (χ3n) is 7.44. The second kappa shape index (κ2) is 10.2. The Morgan fingerprint density at radius 2 is 1.76 bits per heavy atom. The fourth-order valence-electron chi connectivity index (χ4n) is 5.30. The molecule has 6 nitrogen and oxygen atoms in total. The molecule has 1 fully saturated rings. The topological polar surface area (TPSA) is 86.0 Å². The van der Waals surface area contributed by atoms with Crippen molar-refractivity contribution in [3.8, 4) is 29.1 Å². The maximum atomic E-state index is 10.2. The van der Waals surface area contributed by atoms with Crippen LogP contribution in [0.15, 0.2) is 60.7 Å². The van der Waals surface area contributed by atoms with Crippen LogP contribution in [0.5, 0.6) is 23.0 Å². The number of allylic oxidation sites excluding steroid dienone is 1. The predicted octanol–water partition coefficient (Wildman–Crippen LogP) is 6.14. The van der Waals surface area contributed by atoms with Crippen LogP contribution in [-0.4, -0.2) is 40.9 Å². The molecule has 2 aliphatic heterocycles. The van der Waals surface area contributed by atoms with Crippen molar-refractivity contribution in [2.24, 2.45) is 5.92 Å². The number of rotatable bonds is 6. The number of likely N-dealkylation sites (tertiary alicyclic amines) is 1. The van der Waals surface area contributed by atoms with E-state index in [4.69, 9.17) is 9.47 Å². The minimum absolute atomic E-state index is 0.0695. The molecule has 5 rings (SSSR count). The van der Waals surface area contributed by atoms with E-state index in [2.05, 4.69) is 24.8 Å². The number of phenols is 2. The molecule has 3 aromatic carbocycles. The first kappa shape index (κ1) is 24.7. The summed E-state index contributed by atoms with van der Waals surface area (Å²) in [7, 11) is 0. The number of aromatic hydroxyl groups is 2. The van der Waals surface area contributed by atoms with Gasteiger partial charge in [0.1, 0.15) is 35.7 Å². The first-order valence-electron chi connectivity index (χ1n) is 12.7. The summed E-state index contributed by atoms with van der Waals surface area (Å²) in [6.07, 6.45) is 0.732. The minimum atomic E-state index is -0.509. The molecule has 37 heavy (non-hydrogen) atoms.